The van der Waals surface area contributed by atoms with Crippen LogP contribution in [0.1, 0.15) is 23.6 Å². The molecule has 6 rings (SSSR count). The van der Waals surface area contributed by atoms with E-state index in [0.29, 0.717) is 0 Å². The maximum Gasteiger partial charge on any atom is 0.334 e. The average molecular weight is 588 g/mol. The monoisotopic (exact) mass is 587 g/mol. The van der Waals surface area contributed by atoms with Gasteiger partial charge >= 0.3 is 11.9 Å². The SMILES string of the molecule is COC(=O)C(CC(c1cc2ccc3cccc4ccc(c1)c2c34)N(C)c1ccc(C)cc1)(Sc1ccccc1)C(=O)OC. The summed E-state index contributed by atoms with van der Waals surface area (Å²) < 4.78 is 9.00. The van der Waals surface area contributed by atoms with Crippen molar-refractivity contribution in [3.8, 4) is 0 Å². The first-order valence-electron chi connectivity index (χ1n) is 14.2. The first-order chi connectivity index (χ1) is 20.8. The summed E-state index contributed by atoms with van der Waals surface area (Å²) in [6, 6.07) is 36.7. The van der Waals surface area contributed by atoms with Gasteiger partial charge in [0.2, 0.25) is 4.75 Å². The molecule has 1 unspecified atom stereocenters. The van der Waals surface area contributed by atoms with E-state index in [1.54, 1.807) is 0 Å². The second-order valence-electron chi connectivity index (χ2n) is 10.9. The lowest BCUT2D eigenvalue weighted by Crippen LogP contribution is -2.48. The number of thioether (sulfide) groups is 1. The Labute approximate surface area is 255 Å². The van der Waals surface area contributed by atoms with Crippen LogP contribution in [0.15, 0.2) is 114 Å². The predicted octanol–water partition coefficient (Wildman–Crippen LogP) is 8.34. The van der Waals surface area contributed by atoms with Crippen molar-refractivity contribution in [2.75, 3.05) is 26.2 Å². The number of carbonyl (C=O) groups is 2. The second kappa shape index (κ2) is 11.6. The zero-order valence-corrected chi connectivity index (χ0v) is 25.5. The minimum absolute atomic E-state index is 0.115. The minimum atomic E-state index is -1.66. The highest BCUT2D eigenvalue weighted by Gasteiger charge is 2.52. The molecule has 6 heteroatoms. The summed E-state index contributed by atoms with van der Waals surface area (Å²) in [6.45, 7) is 2.05. The smallest absolute Gasteiger partial charge is 0.334 e. The van der Waals surface area contributed by atoms with Crippen LogP contribution in [0.4, 0.5) is 5.69 Å². The molecule has 0 spiro atoms. The van der Waals surface area contributed by atoms with Crippen molar-refractivity contribution < 1.29 is 19.1 Å². The standard InChI is InChI=1S/C37H33NO4S/c1-24-13-19-30(20-14-24)38(2)32(23-37(35(39)41-3,36(40)42-4)43-31-11-6-5-7-12-31)29-21-27-17-15-25-9-8-10-26-16-18-28(22-29)34(27)33(25)26/h5-22,32H,23H2,1-4H3. The Kier molecular flexibility index (Phi) is 7.72. The summed E-state index contributed by atoms with van der Waals surface area (Å²) in [6.07, 6.45) is 0.115. The van der Waals surface area contributed by atoms with Gasteiger partial charge in [-0.1, -0.05) is 90.1 Å². The van der Waals surface area contributed by atoms with Crippen molar-refractivity contribution in [1.82, 2.24) is 0 Å². The maximum atomic E-state index is 13.7. The number of aryl methyl sites for hydroxylation is 1. The first kappa shape index (κ1) is 28.6. The molecule has 0 saturated carbocycles. The quantitative estimate of drug-likeness (QED) is 0.0734. The lowest BCUT2D eigenvalue weighted by Gasteiger charge is -2.37. The zero-order valence-electron chi connectivity index (χ0n) is 24.7. The molecule has 216 valence electrons. The molecule has 0 N–H and O–H groups in total. The molecule has 0 amide bonds. The Hall–Kier alpha value is -4.55. The summed E-state index contributed by atoms with van der Waals surface area (Å²) in [5.41, 5.74) is 3.10. The van der Waals surface area contributed by atoms with Gasteiger partial charge in [-0.15, -0.1) is 0 Å². The van der Waals surface area contributed by atoms with E-state index in [4.69, 9.17) is 9.47 Å². The number of hydrogen-bond acceptors (Lipinski definition) is 6. The van der Waals surface area contributed by atoms with Gasteiger partial charge in [-0.3, -0.25) is 0 Å². The van der Waals surface area contributed by atoms with E-state index in [-0.39, 0.29) is 12.5 Å². The fraction of sp³-hybridized carbons (Fsp3) is 0.189. The molecule has 0 aliphatic rings. The van der Waals surface area contributed by atoms with E-state index >= 15 is 0 Å². The van der Waals surface area contributed by atoms with Gasteiger partial charge in [-0.25, -0.2) is 9.59 Å². The number of esters is 2. The minimum Gasteiger partial charge on any atom is -0.468 e. The number of rotatable bonds is 9. The van der Waals surface area contributed by atoms with Gasteiger partial charge in [-0.05, 0) is 81.2 Å². The molecule has 6 aromatic carbocycles. The first-order valence-corrected chi connectivity index (χ1v) is 15.0. The molecule has 0 heterocycles. The van der Waals surface area contributed by atoms with Crippen LogP contribution in [0, 0.1) is 6.92 Å². The van der Waals surface area contributed by atoms with E-state index < -0.39 is 16.7 Å². The van der Waals surface area contributed by atoms with Gasteiger partial charge in [0.25, 0.3) is 0 Å². The number of carbonyl (C=O) groups excluding carboxylic acids is 2. The number of nitrogens with zero attached hydrogens (tertiary/aromatic N) is 1. The summed E-state index contributed by atoms with van der Waals surface area (Å²) >= 11 is 1.17. The fourth-order valence-corrected chi connectivity index (χ4v) is 7.35. The normalized spacial score (nSPS) is 12.5. The zero-order chi connectivity index (χ0) is 30.1. The Balaban J connectivity index is 1.56. The van der Waals surface area contributed by atoms with Crippen LogP contribution in [-0.4, -0.2) is 38.0 Å². The average Bonchev–Trinajstić information content (AvgIpc) is 3.05. The molecular weight excluding hydrogens is 554 g/mol. The van der Waals surface area contributed by atoms with Gasteiger partial charge in [0.05, 0.1) is 20.3 Å². The maximum absolute atomic E-state index is 13.7. The second-order valence-corrected chi connectivity index (χ2v) is 12.3. The molecule has 0 aromatic heterocycles. The fourth-order valence-electron chi connectivity index (χ4n) is 6.08. The molecule has 0 aliphatic heterocycles. The van der Waals surface area contributed by atoms with Crippen LogP contribution in [0.3, 0.4) is 0 Å². The summed E-state index contributed by atoms with van der Waals surface area (Å²) in [7, 11) is 4.64. The topological polar surface area (TPSA) is 55.8 Å². The third-order valence-electron chi connectivity index (χ3n) is 8.33. The lowest BCUT2D eigenvalue weighted by atomic mass is 9.87. The van der Waals surface area contributed by atoms with Gasteiger partial charge in [0.1, 0.15) is 0 Å². The van der Waals surface area contributed by atoms with Crippen molar-refractivity contribution in [3.63, 3.8) is 0 Å². The molecule has 0 aliphatic carbocycles. The van der Waals surface area contributed by atoms with E-state index in [9.17, 15) is 9.59 Å². The van der Waals surface area contributed by atoms with E-state index in [0.717, 1.165) is 32.5 Å². The van der Waals surface area contributed by atoms with E-state index in [1.165, 1.54) is 47.5 Å². The highest BCUT2D eigenvalue weighted by atomic mass is 32.2. The number of benzene rings is 6. The Morgan fingerprint density at radius 2 is 1.26 bits per heavy atom. The molecular formula is C37H33NO4S. The van der Waals surface area contributed by atoms with Gasteiger partial charge in [-0.2, -0.15) is 0 Å². The largest absolute Gasteiger partial charge is 0.468 e. The molecule has 0 saturated heterocycles. The van der Waals surface area contributed by atoms with Crippen molar-refractivity contribution in [2.24, 2.45) is 0 Å². The van der Waals surface area contributed by atoms with Crippen molar-refractivity contribution in [1.29, 1.82) is 0 Å². The van der Waals surface area contributed by atoms with E-state index in [2.05, 4.69) is 90.7 Å². The summed E-state index contributed by atoms with van der Waals surface area (Å²) in [5, 5.41) is 7.07. The Bertz CT molecular complexity index is 1840. The lowest BCUT2D eigenvalue weighted by molar-refractivity contribution is -0.156. The third-order valence-corrected chi connectivity index (χ3v) is 9.68. The van der Waals surface area contributed by atoms with Crippen LogP contribution in [0.2, 0.25) is 0 Å². The van der Waals surface area contributed by atoms with Crippen molar-refractivity contribution >= 4 is 61.7 Å². The molecule has 0 bridgehead atoms. The summed E-state index contributed by atoms with van der Waals surface area (Å²) in [5.74, 6) is -1.29. The van der Waals surface area contributed by atoms with Crippen molar-refractivity contribution in [3.05, 3.63) is 120 Å². The molecule has 1 atom stereocenters. The highest BCUT2D eigenvalue weighted by molar-refractivity contribution is 8.02. The van der Waals surface area contributed by atoms with Gasteiger partial charge in [0, 0.05) is 24.1 Å². The Morgan fingerprint density at radius 1 is 0.721 bits per heavy atom. The number of anilines is 1. The van der Waals surface area contributed by atoms with Crippen LogP contribution in [0.5, 0.6) is 0 Å². The van der Waals surface area contributed by atoms with Crippen LogP contribution < -0.4 is 4.90 Å². The van der Waals surface area contributed by atoms with Gasteiger partial charge in [0.15, 0.2) is 0 Å². The number of methoxy groups -OCH3 is 2. The van der Waals surface area contributed by atoms with Gasteiger partial charge < -0.3 is 14.4 Å². The van der Waals surface area contributed by atoms with Crippen LogP contribution in [-0.2, 0) is 19.1 Å². The van der Waals surface area contributed by atoms with E-state index in [1.807, 2.05) is 37.4 Å². The molecule has 0 radical (unpaired) electrons. The van der Waals surface area contributed by atoms with Crippen LogP contribution >= 0.6 is 11.8 Å². The molecule has 43 heavy (non-hydrogen) atoms. The Morgan fingerprint density at radius 3 is 1.81 bits per heavy atom. The summed E-state index contributed by atoms with van der Waals surface area (Å²) in [4.78, 5) is 30.4. The highest BCUT2D eigenvalue weighted by Crippen LogP contribution is 2.45. The predicted molar refractivity (Wildman–Crippen MR) is 176 cm³/mol. The molecule has 0 fully saturated rings. The van der Waals surface area contributed by atoms with Crippen LogP contribution in [0.25, 0.3) is 32.3 Å². The van der Waals surface area contributed by atoms with Crippen molar-refractivity contribution in [2.45, 2.75) is 29.0 Å². The molecule has 6 aromatic rings. The third kappa shape index (κ3) is 5.17. The number of hydrogen-bond donors (Lipinski definition) is 0. The molecule has 5 nitrogen and oxygen atoms in total. The number of ether oxygens (including phenoxy) is 2.